The molecule has 2 amide bonds. The smallest absolute Gasteiger partial charge is 0.248 e. The molecule has 0 spiro atoms. The molecule has 0 radical (unpaired) electrons. The maximum atomic E-state index is 11.0. The van der Waals surface area contributed by atoms with Gasteiger partial charge in [-0.1, -0.05) is 0 Å². The maximum absolute atomic E-state index is 11.0. The number of unbranched alkanes of at least 4 members (excludes halogenated alkanes) is 1. The summed E-state index contributed by atoms with van der Waals surface area (Å²) in [5, 5.41) is 0. The summed E-state index contributed by atoms with van der Waals surface area (Å²) in [6, 6.07) is 0. The Morgan fingerprint density at radius 2 is 1.06 bits per heavy atom. The number of nitrogens with zero attached hydrogens (tertiary/aromatic N) is 2. The zero-order chi connectivity index (χ0) is 12.6. The maximum Gasteiger partial charge on any atom is 0.248 e. The molecule has 0 aliphatic carbocycles. The lowest BCUT2D eigenvalue weighted by molar-refractivity contribution is -0.119. The van der Waals surface area contributed by atoms with Crippen molar-refractivity contribution in [3.8, 4) is 0 Å². The number of nitrogens with two attached hydrogens (primary N) is 4. The van der Waals surface area contributed by atoms with Gasteiger partial charge in [0.05, 0.1) is 0 Å². The van der Waals surface area contributed by atoms with Crippen molar-refractivity contribution in [2.75, 3.05) is 0 Å². The van der Waals surface area contributed by atoms with Crippen LogP contribution < -0.4 is 22.9 Å². The number of hydrogen-bond acceptors (Lipinski definition) is 2. The second-order valence-electron chi connectivity index (χ2n) is 3.07. The standard InChI is InChI=1S/C8H16N6O2/c9-7(10)13-5(15)3-1-2-4-6(16)14-8(11)12/h1-4H2,(H4,9,10,13,15)(H4,11,12,14,16). The van der Waals surface area contributed by atoms with Crippen LogP contribution in [0.25, 0.3) is 0 Å². The van der Waals surface area contributed by atoms with Crippen LogP contribution in [0.3, 0.4) is 0 Å². The largest absolute Gasteiger partial charge is 0.370 e. The highest BCUT2D eigenvalue weighted by atomic mass is 16.1. The average molecular weight is 228 g/mol. The molecule has 0 unspecified atom stereocenters. The van der Waals surface area contributed by atoms with Gasteiger partial charge in [-0.25, -0.2) is 0 Å². The number of carbonyl (C=O) groups excluding carboxylic acids is 2. The van der Waals surface area contributed by atoms with Gasteiger partial charge in [-0.05, 0) is 12.8 Å². The van der Waals surface area contributed by atoms with Crippen LogP contribution in [-0.4, -0.2) is 23.7 Å². The lowest BCUT2D eigenvalue weighted by Gasteiger charge is -1.96. The van der Waals surface area contributed by atoms with Crippen LogP contribution in [-0.2, 0) is 9.59 Å². The predicted octanol–water partition coefficient (Wildman–Crippen LogP) is -1.85. The molecule has 8 heteroatoms. The lowest BCUT2D eigenvalue weighted by Crippen LogP contribution is -2.24. The van der Waals surface area contributed by atoms with Crippen molar-refractivity contribution in [2.24, 2.45) is 32.9 Å². The van der Waals surface area contributed by atoms with E-state index < -0.39 is 11.8 Å². The molecule has 0 fully saturated rings. The first kappa shape index (κ1) is 13.9. The number of aliphatic imine (C=N–C) groups is 2. The Balaban J connectivity index is 3.69. The predicted molar refractivity (Wildman–Crippen MR) is 60.1 cm³/mol. The van der Waals surface area contributed by atoms with E-state index in [0.29, 0.717) is 12.8 Å². The third-order valence-corrected chi connectivity index (χ3v) is 1.54. The van der Waals surface area contributed by atoms with Crippen molar-refractivity contribution in [1.29, 1.82) is 0 Å². The highest BCUT2D eigenvalue weighted by Gasteiger charge is 2.03. The summed E-state index contributed by atoms with van der Waals surface area (Å²) in [7, 11) is 0. The zero-order valence-corrected chi connectivity index (χ0v) is 8.85. The number of rotatable bonds is 5. The van der Waals surface area contributed by atoms with E-state index in [1.807, 2.05) is 0 Å². The quantitative estimate of drug-likeness (QED) is 0.245. The molecule has 0 saturated heterocycles. The Bertz CT molecular complexity index is 282. The van der Waals surface area contributed by atoms with E-state index in [0.717, 1.165) is 0 Å². The molecule has 0 aliphatic heterocycles. The van der Waals surface area contributed by atoms with Crippen molar-refractivity contribution in [3.05, 3.63) is 0 Å². The van der Waals surface area contributed by atoms with Gasteiger partial charge in [0.15, 0.2) is 11.9 Å². The number of hydrogen-bond donors (Lipinski definition) is 4. The SMILES string of the molecule is NC(N)=NC(=O)CCCCC(=O)N=C(N)N. The van der Waals surface area contributed by atoms with E-state index >= 15 is 0 Å². The first-order valence-corrected chi connectivity index (χ1v) is 4.66. The molecular weight excluding hydrogens is 212 g/mol. The molecule has 0 aliphatic rings. The van der Waals surface area contributed by atoms with Gasteiger partial charge in [0.25, 0.3) is 0 Å². The number of amides is 2. The van der Waals surface area contributed by atoms with Gasteiger partial charge in [0, 0.05) is 12.8 Å². The van der Waals surface area contributed by atoms with Gasteiger partial charge in [0.2, 0.25) is 11.8 Å². The summed E-state index contributed by atoms with van der Waals surface area (Å²) in [5.74, 6) is -1.34. The minimum Gasteiger partial charge on any atom is -0.370 e. The second kappa shape index (κ2) is 7.21. The van der Waals surface area contributed by atoms with Crippen LogP contribution in [0.5, 0.6) is 0 Å². The molecule has 0 heterocycles. The van der Waals surface area contributed by atoms with E-state index in [4.69, 9.17) is 22.9 Å². The van der Waals surface area contributed by atoms with Crippen molar-refractivity contribution < 1.29 is 9.59 Å². The highest BCUT2D eigenvalue weighted by Crippen LogP contribution is 2.02. The van der Waals surface area contributed by atoms with Crippen LogP contribution in [0.2, 0.25) is 0 Å². The van der Waals surface area contributed by atoms with E-state index in [9.17, 15) is 9.59 Å². The highest BCUT2D eigenvalue weighted by molar-refractivity contribution is 5.92. The first-order valence-electron chi connectivity index (χ1n) is 4.66. The van der Waals surface area contributed by atoms with Crippen molar-refractivity contribution in [3.63, 3.8) is 0 Å². The van der Waals surface area contributed by atoms with Gasteiger partial charge in [-0.3, -0.25) is 9.59 Å². The Hall–Kier alpha value is -2.12. The van der Waals surface area contributed by atoms with Crippen molar-refractivity contribution in [1.82, 2.24) is 0 Å². The lowest BCUT2D eigenvalue weighted by atomic mass is 10.2. The average Bonchev–Trinajstić information content (AvgIpc) is 2.10. The summed E-state index contributed by atoms with van der Waals surface area (Å²) in [5.41, 5.74) is 20.0. The fourth-order valence-electron chi connectivity index (χ4n) is 0.952. The van der Waals surface area contributed by atoms with E-state index in [1.165, 1.54) is 0 Å². The molecule has 0 aromatic rings. The van der Waals surface area contributed by atoms with Crippen molar-refractivity contribution in [2.45, 2.75) is 25.7 Å². The molecule has 0 saturated carbocycles. The van der Waals surface area contributed by atoms with E-state index in [1.54, 1.807) is 0 Å². The van der Waals surface area contributed by atoms with E-state index in [2.05, 4.69) is 9.98 Å². The molecule has 0 bridgehead atoms. The Labute approximate surface area is 92.8 Å². The third kappa shape index (κ3) is 8.48. The summed E-state index contributed by atoms with van der Waals surface area (Å²) in [6.45, 7) is 0. The van der Waals surface area contributed by atoms with Crippen molar-refractivity contribution >= 4 is 23.7 Å². The van der Waals surface area contributed by atoms with Crippen LogP contribution >= 0.6 is 0 Å². The minimum atomic E-state index is -0.408. The Morgan fingerprint density at radius 1 is 0.750 bits per heavy atom. The van der Waals surface area contributed by atoms with Crippen LogP contribution in [0, 0.1) is 0 Å². The zero-order valence-electron chi connectivity index (χ0n) is 8.85. The fraction of sp³-hybridized carbons (Fsp3) is 0.500. The summed E-state index contributed by atoms with van der Waals surface area (Å²) >= 11 is 0. The number of guanidine groups is 2. The second-order valence-corrected chi connectivity index (χ2v) is 3.07. The molecular formula is C8H16N6O2. The van der Waals surface area contributed by atoms with Gasteiger partial charge in [0.1, 0.15) is 0 Å². The minimum absolute atomic E-state index is 0.188. The van der Waals surface area contributed by atoms with Crippen LogP contribution in [0.15, 0.2) is 9.98 Å². The third-order valence-electron chi connectivity index (χ3n) is 1.54. The normalized spacial score (nSPS) is 9.25. The Kier molecular flexibility index (Phi) is 6.25. The summed E-state index contributed by atoms with van der Waals surface area (Å²) in [6.07, 6.45) is 1.38. The van der Waals surface area contributed by atoms with Gasteiger partial charge < -0.3 is 22.9 Å². The van der Waals surface area contributed by atoms with E-state index in [-0.39, 0.29) is 24.8 Å². The molecule has 0 rings (SSSR count). The molecule has 16 heavy (non-hydrogen) atoms. The van der Waals surface area contributed by atoms with Gasteiger partial charge in [-0.15, -0.1) is 0 Å². The molecule has 0 aromatic carbocycles. The van der Waals surface area contributed by atoms with Gasteiger partial charge in [-0.2, -0.15) is 9.98 Å². The molecule has 8 nitrogen and oxygen atoms in total. The monoisotopic (exact) mass is 228 g/mol. The number of carbonyl (C=O) groups is 2. The van der Waals surface area contributed by atoms with Gasteiger partial charge >= 0.3 is 0 Å². The summed E-state index contributed by atoms with van der Waals surface area (Å²) in [4.78, 5) is 28.6. The molecule has 90 valence electrons. The fourth-order valence-corrected chi connectivity index (χ4v) is 0.952. The molecule has 0 atom stereocenters. The molecule has 8 N–H and O–H groups in total. The topological polar surface area (TPSA) is 163 Å². The molecule has 0 aromatic heterocycles. The van der Waals surface area contributed by atoms with Crippen LogP contribution in [0.4, 0.5) is 0 Å². The van der Waals surface area contributed by atoms with Crippen LogP contribution in [0.1, 0.15) is 25.7 Å². The first-order chi connectivity index (χ1) is 7.41. The Morgan fingerprint density at radius 3 is 1.31 bits per heavy atom. The summed E-state index contributed by atoms with van der Waals surface area (Å²) < 4.78 is 0.